The largest absolute Gasteiger partial charge is 0.448 e. The minimum absolute atomic E-state index is 0.111. The summed E-state index contributed by atoms with van der Waals surface area (Å²) >= 11 is 0. The van der Waals surface area contributed by atoms with Crippen LogP contribution in [-0.2, 0) is 4.79 Å². The number of hydrogen-bond acceptors (Lipinski definition) is 6. The van der Waals surface area contributed by atoms with Gasteiger partial charge in [-0.2, -0.15) is 0 Å². The summed E-state index contributed by atoms with van der Waals surface area (Å²) in [6.45, 7) is 5.30. The van der Waals surface area contributed by atoms with Gasteiger partial charge in [-0.3, -0.25) is 14.5 Å². The molecule has 1 aromatic heterocycles. The summed E-state index contributed by atoms with van der Waals surface area (Å²) in [6.07, 6.45) is 3.78. The van der Waals surface area contributed by atoms with E-state index in [9.17, 15) is 9.59 Å². The predicted octanol–water partition coefficient (Wildman–Crippen LogP) is 1.98. The number of amides is 2. The van der Waals surface area contributed by atoms with E-state index < -0.39 is 6.04 Å². The Balaban J connectivity index is 1.43. The molecule has 3 heterocycles. The fraction of sp³-hybridized carbons (Fsp3) is 0.476. The number of benzene rings is 1. The topological polar surface area (TPSA) is 81.9 Å². The standard InChI is InChI=1S/C21H27N5O3/c1-15-22-18(14-29-15)21(28)26-11-10-24(2)19(13-26)20(27)23-16-6-5-7-17(12-16)25-8-3-4-9-25/h5-7,12,14,19H,3-4,8-11,13H2,1-2H3,(H,23,27). The van der Waals surface area contributed by atoms with Gasteiger partial charge in [-0.05, 0) is 38.1 Å². The van der Waals surface area contributed by atoms with Gasteiger partial charge in [-0.15, -0.1) is 0 Å². The molecule has 0 spiro atoms. The van der Waals surface area contributed by atoms with E-state index in [1.165, 1.54) is 19.1 Å². The lowest BCUT2D eigenvalue weighted by atomic mass is 10.1. The number of piperazine rings is 1. The van der Waals surface area contributed by atoms with Gasteiger partial charge in [0.2, 0.25) is 5.91 Å². The lowest BCUT2D eigenvalue weighted by Crippen LogP contribution is -2.57. The Morgan fingerprint density at radius 3 is 2.69 bits per heavy atom. The number of likely N-dealkylation sites (N-methyl/N-ethyl adjacent to an activating group) is 1. The van der Waals surface area contributed by atoms with Gasteiger partial charge in [-0.1, -0.05) is 6.07 Å². The smallest absolute Gasteiger partial charge is 0.275 e. The van der Waals surface area contributed by atoms with Gasteiger partial charge >= 0.3 is 0 Å². The zero-order chi connectivity index (χ0) is 20.4. The van der Waals surface area contributed by atoms with E-state index in [2.05, 4.69) is 21.3 Å². The average Bonchev–Trinajstić information content (AvgIpc) is 3.40. The third kappa shape index (κ3) is 4.27. The molecule has 1 atom stereocenters. The molecule has 29 heavy (non-hydrogen) atoms. The monoisotopic (exact) mass is 397 g/mol. The van der Waals surface area contributed by atoms with Crippen molar-refractivity contribution in [3.63, 3.8) is 0 Å². The van der Waals surface area contributed by atoms with E-state index in [0.717, 1.165) is 24.5 Å². The highest BCUT2D eigenvalue weighted by Crippen LogP contribution is 2.24. The second-order valence-corrected chi connectivity index (χ2v) is 7.73. The molecule has 2 aliphatic heterocycles. The van der Waals surface area contributed by atoms with E-state index >= 15 is 0 Å². The minimum atomic E-state index is -0.420. The number of oxazole rings is 1. The molecule has 4 rings (SSSR count). The molecule has 0 bridgehead atoms. The van der Waals surface area contributed by atoms with Gasteiger partial charge in [0.15, 0.2) is 11.6 Å². The predicted molar refractivity (Wildman–Crippen MR) is 110 cm³/mol. The third-order valence-electron chi connectivity index (χ3n) is 5.66. The zero-order valence-electron chi connectivity index (χ0n) is 16.9. The van der Waals surface area contributed by atoms with Crippen LogP contribution in [0.5, 0.6) is 0 Å². The van der Waals surface area contributed by atoms with Gasteiger partial charge in [0.05, 0.1) is 0 Å². The summed E-state index contributed by atoms with van der Waals surface area (Å²) in [7, 11) is 1.91. The van der Waals surface area contributed by atoms with Crippen LogP contribution in [0.1, 0.15) is 29.2 Å². The minimum Gasteiger partial charge on any atom is -0.448 e. The summed E-state index contributed by atoms with van der Waals surface area (Å²) in [5.41, 5.74) is 2.20. The zero-order valence-corrected chi connectivity index (χ0v) is 16.9. The summed E-state index contributed by atoms with van der Waals surface area (Å²) in [5, 5.41) is 3.03. The molecule has 0 saturated carbocycles. The van der Waals surface area contributed by atoms with Crippen molar-refractivity contribution in [2.75, 3.05) is 50.0 Å². The van der Waals surface area contributed by atoms with Crippen LogP contribution in [0.25, 0.3) is 0 Å². The van der Waals surface area contributed by atoms with Crippen molar-refractivity contribution in [1.82, 2.24) is 14.8 Å². The quantitative estimate of drug-likeness (QED) is 0.850. The second-order valence-electron chi connectivity index (χ2n) is 7.73. The van der Waals surface area contributed by atoms with Gasteiger partial charge in [-0.25, -0.2) is 4.98 Å². The maximum atomic E-state index is 13.0. The van der Waals surface area contributed by atoms with E-state index in [1.807, 2.05) is 30.1 Å². The molecule has 1 aromatic carbocycles. The summed E-state index contributed by atoms with van der Waals surface area (Å²) < 4.78 is 5.15. The summed E-state index contributed by atoms with van der Waals surface area (Å²) in [5.74, 6) is 0.137. The number of carbonyl (C=O) groups is 2. The molecule has 2 saturated heterocycles. The van der Waals surface area contributed by atoms with Crippen LogP contribution in [0.2, 0.25) is 0 Å². The molecule has 1 unspecified atom stereocenters. The molecule has 8 nitrogen and oxygen atoms in total. The number of hydrogen-bond donors (Lipinski definition) is 1. The molecule has 0 radical (unpaired) electrons. The average molecular weight is 397 g/mol. The number of rotatable bonds is 4. The van der Waals surface area contributed by atoms with Crippen LogP contribution in [0.4, 0.5) is 11.4 Å². The highest BCUT2D eigenvalue weighted by molar-refractivity contribution is 5.97. The summed E-state index contributed by atoms with van der Waals surface area (Å²) in [6, 6.07) is 7.55. The van der Waals surface area contributed by atoms with Crippen molar-refractivity contribution in [2.24, 2.45) is 0 Å². The van der Waals surface area contributed by atoms with Crippen molar-refractivity contribution >= 4 is 23.2 Å². The fourth-order valence-corrected chi connectivity index (χ4v) is 3.95. The normalized spacial score (nSPS) is 20.1. The molecular formula is C21H27N5O3. The number of nitrogens with one attached hydrogen (secondary N) is 1. The number of anilines is 2. The molecule has 2 fully saturated rings. The highest BCUT2D eigenvalue weighted by atomic mass is 16.3. The van der Waals surface area contributed by atoms with Crippen LogP contribution in [0.15, 0.2) is 34.9 Å². The molecule has 154 valence electrons. The van der Waals surface area contributed by atoms with Crippen LogP contribution in [0.3, 0.4) is 0 Å². The number of carbonyl (C=O) groups excluding carboxylic acids is 2. The van der Waals surface area contributed by atoms with Crippen LogP contribution >= 0.6 is 0 Å². The third-order valence-corrected chi connectivity index (χ3v) is 5.66. The fourth-order valence-electron chi connectivity index (χ4n) is 3.95. The second kappa shape index (κ2) is 8.24. The SMILES string of the molecule is Cc1nc(C(=O)N2CCN(C)C(C(=O)Nc3cccc(N4CCCC4)c3)C2)co1. The molecule has 2 amide bonds. The lowest BCUT2D eigenvalue weighted by Gasteiger charge is -2.38. The van der Waals surface area contributed by atoms with E-state index in [4.69, 9.17) is 4.42 Å². The van der Waals surface area contributed by atoms with Crippen LogP contribution < -0.4 is 10.2 Å². The van der Waals surface area contributed by atoms with E-state index in [1.54, 1.807) is 11.8 Å². The van der Waals surface area contributed by atoms with Crippen molar-refractivity contribution < 1.29 is 14.0 Å². The molecule has 0 aliphatic carbocycles. The van der Waals surface area contributed by atoms with Crippen LogP contribution in [0, 0.1) is 6.92 Å². The Kier molecular flexibility index (Phi) is 5.53. The Labute approximate surface area is 170 Å². The molecule has 2 aliphatic rings. The summed E-state index contributed by atoms with van der Waals surface area (Å²) in [4.78, 5) is 35.8. The number of aromatic nitrogens is 1. The first kappa shape index (κ1) is 19.4. The Morgan fingerprint density at radius 2 is 1.97 bits per heavy atom. The van der Waals surface area contributed by atoms with Crippen molar-refractivity contribution in [1.29, 1.82) is 0 Å². The van der Waals surface area contributed by atoms with Gasteiger partial charge in [0.1, 0.15) is 12.3 Å². The maximum Gasteiger partial charge on any atom is 0.275 e. The van der Waals surface area contributed by atoms with Crippen molar-refractivity contribution in [3.05, 3.63) is 42.1 Å². The Morgan fingerprint density at radius 1 is 1.17 bits per heavy atom. The van der Waals surface area contributed by atoms with Gasteiger partial charge in [0, 0.05) is 51.0 Å². The number of nitrogens with zero attached hydrogens (tertiary/aromatic N) is 4. The molecular weight excluding hydrogens is 370 g/mol. The van der Waals surface area contributed by atoms with Gasteiger partial charge in [0.25, 0.3) is 5.91 Å². The van der Waals surface area contributed by atoms with Crippen LogP contribution in [-0.4, -0.2) is 72.4 Å². The lowest BCUT2D eigenvalue weighted by molar-refractivity contribution is -0.122. The van der Waals surface area contributed by atoms with Crippen molar-refractivity contribution in [2.45, 2.75) is 25.8 Å². The van der Waals surface area contributed by atoms with E-state index in [-0.39, 0.29) is 17.5 Å². The first-order valence-electron chi connectivity index (χ1n) is 10.1. The van der Waals surface area contributed by atoms with Gasteiger partial charge < -0.3 is 19.5 Å². The van der Waals surface area contributed by atoms with E-state index in [0.29, 0.717) is 25.5 Å². The Hall–Kier alpha value is -2.87. The van der Waals surface area contributed by atoms with Crippen molar-refractivity contribution in [3.8, 4) is 0 Å². The molecule has 8 heteroatoms. The number of aryl methyl sites for hydroxylation is 1. The first-order valence-corrected chi connectivity index (χ1v) is 10.1. The first-order chi connectivity index (χ1) is 14.0. The maximum absolute atomic E-state index is 13.0. The molecule has 1 N–H and O–H groups in total. The Bertz CT molecular complexity index is 890. The molecule has 2 aromatic rings. The highest BCUT2D eigenvalue weighted by Gasteiger charge is 2.33.